The molecule has 0 saturated heterocycles. The van der Waals surface area contributed by atoms with Crippen molar-refractivity contribution >= 4 is 22.1 Å². The lowest BCUT2D eigenvalue weighted by Crippen LogP contribution is -2.25. The van der Waals surface area contributed by atoms with Crippen molar-refractivity contribution in [3.63, 3.8) is 0 Å². The largest absolute Gasteiger partial charge is 0.304 e. The molecule has 0 atom stereocenters. The van der Waals surface area contributed by atoms with E-state index < -0.39 is 0 Å². The number of fused-ring (bicyclic) bond motifs is 2. The van der Waals surface area contributed by atoms with Gasteiger partial charge in [0.25, 0.3) is 5.56 Å². The third kappa shape index (κ3) is 1.75. The van der Waals surface area contributed by atoms with Crippen LogP contribution < -0.4 is 5.56 Å². The molecule has 2 aromatic carbocycles. The van der Waals surface area contributed by atoms with E-state index in [1.807, 2.05) is 55.5 Å². The number of aryl methyl sites for hydroxylation is 1. The molecule has 0 fully saturated rings. The van der Waals surface area contributed by atoms with Crippen LogP contribution in [0.2, 0.25) is 0 Å². The van der Waals surface area contributed by atoms with Gasteiger partial charge in [-0.2, -0.15) is 0 Å². The Morgan fingerprint density at radius 1 is 0.955 bits per heavy atom. The molecular weight excluding hydrogens is 276 g/mol. The summed E-state index contributed by atoms with van der Waals surface area (Å²) in [5, 5.41) is 0. The molecule has 0 saturated carbocycles. The van der Waals surface area contributed by atoms with Crippen molar-refractivity contribution in [1.29, 1.82) is 0 Å². The second-order valence-corrected chi connectivity index (χ2v) is 5.08. The monoisotopic (exact) mass is 290 g/mol. The zero-order valence-corrected chi connectivity index (χ0v) is 12.1. The third-order valence-electron chi connectivity index (χ3n) is 3.83. The molecule has 0 N–H and O–H groups in total. The van der Waals surface area contributed by atoms with Crippen molar-refractivity contribution < 1.29 is 0 Å². The predicted octanol–water partition coefficient (Wildman–Crippen LogP) is 2.76. The molecule has 0 unspecified atom stereocenters. The second-order valence-electron chi connectivity index (χ2n) is 5.08. The van der Waals surface area contributed by atoms with Gasteiger partial charge in [-0.25, -0.2) is 9.97 Å². The van der Waals surface area contributed by atoms with Crippen LogP contribution in [0.25, 0.3) is 27.9 Å². The van der Waals surface area contributed by atoms with E-state index >= 15 is 0 Å². The standard InChI is InChI=1S/C17H14N4O/c1-2-20-15-10-6-4-8-13(15)19-16(17(20)22)21-11-18-12-7-3-5-9-14(12)21/h3-11H,2H2,1H3. The number of imidazole rings is 1. The Hall–Kier alpha value is -2.95. The Bertz CT molecular complexity index is 1050. The molecule has 4 aromatic rings. The second kappa shape index (κ2) is 4.80. The topological polar surface area (TPSA) is 52.7 Å². The minimum absolute atomic E-state index is 0.107. The molecular formula is C17H14N4O. The lowest BCUT2D eigenvalue weighted by atomic mass is 10.3. The highest BCUT2D eigenvalue weighted by molar-refractivity contribution is 5.79. The summed E-state index contributed by atoms with van der Waals surface area (Å²) in [4.78, 5) is 21.7. The zero-order valence-electron chi connectivity index (χ0n) is 12.1. The SMILES string of the molecule is CCn1c(=O)c(-n2cnc3ccccc32)nc2ccccc21. The molecule has 4 rings (SSSR count). The minimum atomic E-state index is -0.107. The quantitative estimate of drug-likeness (QED) is 0.570. The van der Waals surface area contributed by atoms with Crippen molar-refractivity contribution in [2.24, 2.45) is 0 Å². The molecule has 108 valence electrons. The third-order valence-corrected chi connectivity index (χ3v) is 3.83. The van der Waals surface area contributed by atoms with Gasteiger partial charge in [0.05, 0.1) is 22.1 Å². The Kier molecular flexibility index (Phi) is 2.79. The molecule has 0 radical (unpaired) electrons. The molecule has 2 aromatic heterocycles. The fourth-order valence-electron chi connectivity index (χ4n) is 2.78. The van der Waals surface area contributed by atoms with E-state index in [-0.39, 0.29) is 5.56 Å². The van der Waals surface area contributed by atoms with Gasteiger partial charge in [0.2, 0.25) is 5.82 Å². The van der Waals surface area contributed by atoms with Gasteiger partial charge in [0.1, 0.15) is 6.33 Å². The number of para-hydroxylation sites is 4. The lowest BCUT2D eigenvalue weighted by molar-refractivity contribution is 0.742. The first-order valence-electron chi connectivity index (χ1n) is 7.21. The zero-order chi connectivity index (χ0) is 15.1. The molecule has 0 aliphatic carbocycles. The Morgan fingerprint density at radius 3 is 2.41 bits per heavy atom. The molecule has 2 heterocycles. The molecule has 5 nitrogen and oxygen atoms in total. The molecule has 22 heavy (non-hydrogen) atoms. The van der Waals surface area contributed by atoms with Crippen molar-refractivity contribution in [2.45, 2.75) is 13.5 Å². The first kappa shape index (κ1) is 12.8. The Labute approximate surface area is 126 Å². The average Bonchev–Trinajstić information content (AvgIpc) is 2.98. The van der Waals surface area contributed by atoms with Crippen molar-refractivity contribution in [1.82, 2.24) is 19.1 Å². The smallest absolute Gasteiger partial charge is 0.294 e. The van der Waals surface area contributed by atoms with Gasteiger partial charge < -0.3 is 4.57 Å². The van der Waals surface area contributed by atoms with Gasteiger partial charge in [-0.05, 0) is 31.2 Å². The molecule has 0 bridgehead atoms. The van der Waals surface area contributed by atoms with Crippen LogP contribution >= 0.6 is 0 Å². The summed E-state index contributed by atoms with van der Waals surface area (Å²) in [6.45, 7) is 2.56. The number of hydrogen-bond acceptors (Lipinski definition) is 3. The summed E-state index contributed by atoms with van der Waals surface area (Å²) in [6.07, 6.45) is 1.66. The summed E-state index contributed by atoms with van der Waals surface area (Å²) >= 11 is 0. The molecule has 0 amide bonds. The van der Waals surface area contributed by atoms with E-state index in [2.05, 4.69) is 9.97 Å². The van der Waals surface area contributed by atoms with Crippen LogP contribution in [0.15, 0.2) is 59.7 Å². The highest BCUT2D eigenvalue weighted by Crippen LogP contribution is 2.17. The molecule has 0 aliphatic heterocycles. The van der Waals surface area contributed by atoms with Crippen LogP contribution in [0.4, 0.5) is 0 Å². The van der Waals surface area contributed by atoms with Gasteiger partial charge in [0, 0.05) is 6.54 Å². The van der Waals surface area contributed by atoms with E-state index in [0.717, 1.165) is 22.1 Å². The minimum Gasteiger partial charge on any atom is -0.304 e. The number of benzene rings is 2. The van der Waals surface area contributed by atoms with E-state index in [9.17, 15) is 4.79 Å². The van der Waals surface area contributed by atoms with Crippen LogP contribution in [-0.2, 0) is 6.54 Å². The summed E-state index contributed by atoms with van der Waals surface area (Å²) in [5.41, 5.74) is 3.27. The maximum Gasteiger partial charge on any atom is 0.294 e. The maximum absolute atomic E-state index is 12.8. The van der Waals surface area contributed by atoms with Gasteiger partial charge in [-0.1, -0.05) is 24.3 Å². The Morgan fingerprint density at radius 2 is 1.64 bits per heavy atom. The fourth-order valence-corrected chi connectivity index (χ4v) is 2.78. The highest BCUT2D eigenvalue weighted by atomic mass is 16.1. The van der Waals surface area contributed by atoms with E-state index in [4.69, 9.17) is 0 Å². The van der Waals surface area contributed by atoms with Crippen LogP contribution in [0, 0.1) is 0 Å². The van der Waals surface area contributed by atoms with Crippen LogP contribution in [0.3, 0.4) is 0 Å². The summed E-state index contributed by atoms with van der Waals surface area (Å²) in [5.74, 6) is 0.384. The summed E-state index contributed by atoms with van der Waals surface area (Å²) in [7, 11) is 0. The van der Waals surface area contributed by atoms with Gasteiger partial charge >= 0.3 is 0 Å². The number of aromatic nitrogens is 4. The van der Waals surface area contributed by atoms with Crippen LogP contribution in [-0.4, -0.2) is 19.1 Å². The number of rotatable bonds is 2. The van der Waals surface area contributed by atoms with E-state index in [1.165, 1.54) is 0 Å². The van der Waals surface area contributed by atoms with Crippen LogP contribution in [0.1, 0.15) is 6.92 Å². The average molecular weight is 290 g/mol. The number of hydrogen-bond donors (Lipinski definition) is 0. The van der Waals surface area contributed by atoms with Gasteiger partial charge in [0.15, 0.2) is 0 Å². The van der Waals surface area contributed by atoms with E-state index in [1.54, 1.807) is 15.5 Å². The van der Waals surface area contributed by atoms with Crippen molar-refractivity contribution in [3.05, 3.63) is 65.2 Å². The fraction of sp³-hybridized carbons (Fsp3) is 0.118. The van der Waals surface area contributed by atoms with Crippen LogP contribution in [0.5, 0.6) is 0 Å². The highest BCUT2D eigenvalue weighted by Gasteiger charge is 2.13. The summed E-state index contributed by atoms with van der Waals surface area (Å²) < 4.78 is 3.50. The first-order chi connectivity index (χ1) is 10.8. The van der Waals surface area contributed by atoms with Crippen molar-refractivity contribution in [3.8, 4) is 5.82 Å². The normalized spacial score (nSPS) is 11.3. The van der Waals surface area contributed by atoms with E-state index in [0.29, 0.717) is 12.4 Å². The number of nitrogens with zero attached hydrogens (tertiary/aromatic N) is 4. The van der Waals surface area contributed by atoms with Gasteiger partial charge in [-0.15, -0.1) is 0 Å². The summed E-state index contributed by atoms with van der Waals surface area (Å²) in [6, 6.07) is 15.4. The maximum atomic E-state index is 12.8. The van der Waals surface area contributed by atoms with Crippen molar-refractivity contribution in [2.75, 3.05) is 0 Å². The predicted molar refractivity (Wildman–Crippen MR) is 86.3 cm³/mol. The molecule has 0 aliphatic rings. The van der Waals surface area contributed by atoms with Gasteiger partial charge in [-0.3, -0.25) is 9.36 Å². The molecule has 0 spiro atoms. The Balaban J connectivity index is 2.11. The molecule has 5 heteroatoms. The lowest BCUT2D eigenvalue weighted by Gasteiger charge is -2.11. The first-order valence-corrected chi connectivity index (χ1v) is 7.21.